The zero-order valence-electron chi connectivity index (χ0n) is 59.6. The second kappa shape index (κ2) is 85.9. The highest BCUT2D eigenvalue weighted by atomic mass is 16.6. The number of unbranched alkanes of at least 4 members (excludes halogenated alkanes) is 14. The molecule has 0 N–H and O–H groups in total. The van der Waals surface area contributed by atoms with Crippen LogP contribution in [0.25, 0.3) is 0 Å². The lowest BCUT2D eigenvalue weighted by atomic mass is 10.0. The largest absolute Gasteiger partial charge is 0.382 e. The summed E-state index contributed by atoms with van der Waals surface area (Å²) in [5.41, 5.74) is 0. The fraction of sp³-hybridized carbons (Fsp3) is 0.986. The van der Waals surface area contributed by atoms with Gasteiger partial charge >= 0.3 is 0 Å². The second-order valence-electron chi connectivity index (χ2n) is 22.3. The SMILES string of the molecule is CCC(C)COC(C)COC(C)COCCOCCOCCOCCOCCOCCOCCOCCOCCOCCOCCOCCOCCOCCOCCOCCOCCOCCOCCOC.CCCCCCCCCCCCCCCCCC(C)=O. The highest BCUT2D eigenvalue weighted by Crippen LogP contribution is 2.14. The number of ether oxygens (including phenoxy) is 22. The van der Waals surface area contributed by atoms with Gasteiger partial charge in [-0.05, 0) is 33.1 Å². The minimum atomic E-state index is 0.00765. The minimum Gasteiger partial charge on any atom is -0.382 e. The Bertz CT molecular complexity index is 1320. The fourth-order valence-electron chi connectivity index (χ4n) is 7.94. The lowest BCUT2D eigenvalue weighted by molar-refractivity contribution is -0.117. The minimum absolute atomic E-state index is 0.00765. The molecule has 0 radical (unpaired) electrons. The molecule has 0 aromatic rings. The van der Waals surface area contributed by atoms with Crippen LogP contribution in [0.2, 0.25) is 0 Å². The van der Waals surface area contributed by atoms with Gasteiger partial charge in [0, 0.05) is 20.1 Å². The first kappa shape index (κ1) is 92.8. The molecule has 0 rings (SSSR count). The van der Waals surface area contributed by atoms with Gasteiger partial charge in [-0.15, -0.1) is 0 Å². The highest BCUT2D eigenvalue weighted by Gasteiger charge is 2.10. The van der Waals surface area contributed by atoms with Crippen LogP contribution < -0.4 is 0 Å². The van der Waals surface area contributed by atoms with Crippen molar-refractivity contribution in [3.63, 3.8) is 0 Å². The summed E-state index contributed by atoms with van der Waals surface area (Å²) >= 11 is 0. The van der Waals surface area contributed by atoms with Crippen LogP contribution in [0.5, 0.6) is 0 Å². The Morgan fingerprint density at radius 1 is 0.250 bits per heavy atom. The van der Waals surface area contributed by atoms with E-state index in [1.807, 2.05) is 13.8 Å². The van der Waals surface area contributed by atoms with Crippen molar-refractivity contribution < 1.29 is 109 Å². The summed E-state index contributed by atoms with van der Waals surface area (Å²) in [5.74, 6) is 0.914. The zero-order valence-corrected chi connectivity index (χ0v) is 59.6. The predicted molar refractivity (Wildman–Crippen MR) is 358 cm³/mol. The van der Waals surface area contributed by atoms with Crippen LogP contribution in [0.1, 0.15) is 151 Å². The molecule has 0 aliphatic rings. The van der Waals surface area contributed by atoms with Crippen LogP contribution in [-0.2, 0) is 109 Å². The van der Waals surface area contributed by atoms with Gasteiger partial charge in [-0.1, -0.05) is 117 Å². The van der Waals surface area contributed by atoms with E-state index < -0.39 is 0 Å². The molecule has 0 saturated carbocycles. The highest BCUT2D eigenvalue weighted by molar-refractivity contribution is 5.75. The van der Waals surface area contributed by atoms with Gasteiger partial charge in [0.15, 0.2) is 0 Å². The third kappa shape index (κ3) is 88.8. The molecule has 0 aromatic carbocycles. The number of carbonyl (C=O) groups is 1. The first-order chi connectivity index (χ1) is 45.4. The monoisotopic (exact) mass is 1340 g/mol. The van der Waals surface area contributed by atoms with Gasteiger partial charge in [0.1, 0.15) is 5.78 Å². The van der Waals surface area contributed by atoms with E-state index in [-0.39, 0.29) is 12.2 Å². The van der Waals surface area contributed by atoms with Gasteiger partial charge in [0.25, 0.3) is 0 Å². The summed E-state index contributed by atoms with van der Waals surface area (Å²) in [6.07, 6.45) is 22.8. The van der Waals surface area contributed by atoms with Crippen molar-refractivity contribution in [3.8, 4) is 0 Å². The van der Waals surface area contributed by atoms with Crippen LogP contribution in [-0.4, -0.2) is 296 Å². The summed E-state index contributed by atoms with van der Waals surface area (Å²) in [6.45, 7) is 33.5. The molecule has 0 amide bonds. The molecular formula is C69H140O23. The number of hydrogen-bond acceptors (Lipinski definition) is 23. The van der Waals surface area contributed by atoms with Crippen molar-refractivity contribution >= 4 is 5.78 Å². The van der Waals surface area contributed by atoms with Crippen molar-refractivity contribution in [2.45, 2.75) is 163 Å². The summed E-state index contributed by atoms with van der Waals surface area (Å²) < 4.78 is 121. The Balaban J connectivity index is 0. The molecule has 92 heavy (non-hydrogen) atoms. The van der Waals surface area contributed by atoms with Crippen molar-refractivity contribution in [2.75, 3.05) is 278 Å². The molecule has 23 nitrogen and oxygen atoms in total. The average Bonchev–Trinajstić information content (AvgIpc) is 3.61. The lowest BCUT2D eigenvalue weighted by Gasteiger charge is -2.19. The van der Waals surface area contributed by atoms with E-state index in [1.54, 1.807) is 14.0 Å². The smallest absolute Gasteiger partial charge is 0.129 e. The van der Waals surface area contributed by atoms with Crippen LogP contribution >= 0.6 is 0 Å². The van der Waals surface area contributed by atoms with Gasteiger partial charge in [-0.3, -0.25) is 0 Å². The molecule has 0 aliphatic heterocycles. The van der Waals surface area contributed by atoms with E-state index in [2.05, 4.69) is 20.8 Å². The summed E-state index contributed by atoms with van der Waals surface area (Å²) in [7, 11) is 1.64. The van der Waals surface area contributed by atoms with Gasteiger partial charge < -0.3 is 109 Å². The van der Waals surface area contributed by atoms with Crippen LogP contribution in [0.4, 0.5) is 0 Å². The first-order valence-corrected chi connectivity index (χ1v) is 35.6. The van der Waals surface area contributed by atoms with E-state index in [1.165, 1.54) is 89.9 Å². The molecule has 0 fully saturated rings. The third-order valence-electron chi connectivity index (χ3n) is 13.6. The number of rotatable bonds is 82. The number of hydrogen-bond donors (Lipinski definition) is 0. The van der Waals surface area contributed by atoms with Gasteiger partial charge in [0.2, 0.25) is 0 Å². The fourth-order valence-corrected chi connectivity index (χ4v) is 7.94. The van der Waals surface area contributed by atoms with Crippen LogP contribution in [0.3, 0.4) is 0 Å². The summed E-state index contributed by atoms with van der Waals surface area (Å²) in [5, 5.41) is 0. The van der Waals surface area contributed by atoms with Crippen LogP contribution in [0, 0.1) is 5.92 Å². The van der Waals surface area contributed by atoms with E-state index in [4.69, 9.17) is 104 Å². The number of Topliss-reactive ketones (excluding diaryl/α,β-unsaturated/α-hetero) is 1. The first-order valence-electron chi connectivity index (χ1n) is 35.6. The predicted octanol–water partition coefficient (Wildman–Crippen LogP) is 9.64. The molecule has 23 heteroatoms. The standard InChI is InChI=1S/C50H102O22.C19H38O/c1-6-48(2)45-71-50(4)47-72-49(3)46-70-44-43-69-42-41-68-40-39-67-38-37-66-36-35-65-34-33-64-32-31-63-30-29-62-28-27-61-26-25-60-24-23-59-22-21-58-20-19-57-18-17-56-16-15-55-14-13-54-12-11-53-10-9-52-8-7-51-5;1-3-4-5-6-7-8-9-10-11-12-13-14-15-16-17-18-19(2)20/h48-50H,6-47H2,1-5H3;3-18H2,1-2H3. The molecule has 3 unspecified atom stereocenters. The van der Waals surface area contributed by atoms with Gasteiger partial charge in [0.05, 0.1) is 276 Å². The zero-order chi connectivity index (χ0) is 66.9. The maximum atomic E-state index is 10.8. The van der Waals surface area contributed by atoms with Gasteiger partial charge in [-0.2, -0.15) is 0 Å². The number of carbonyl (C=O) groups excluding carboxylic acids is 1. The lowest BCUT2D eigenvalue weighted by Crippen LogP contribution is -2.25. The Morgan fingerprint density at radius 2 is 0.446 bits per heavy atom. The van der Waals surface area contributed by atoms with Crippen molar-refractivity contribution in [3.05, 3.63) is 0 Å². The maximum absolute atomic E-state index is 10.8. The number of ketones is 1. The molecular weight excluding hydrogens is 1200 g/mol. The molecule has 0 saturated heterocycles. The molecule has 554 valence electrons. The Labute approximate surface area is 559 Å². The van der Waals surface area contributed by atoms with E-state index in [9.17, 15) is 4.79 Å². The molecule has 0 aliphatic carbocycles. The van der Waals surface area contributed by atoms with Crippen molar-refractivity contribution in [2.24, 2.45) is 5.92 Å². The molecule has 0 aromatic heterocycles. The second-order valence-corrected chi connectivity index (χ2v) is 22.3. The topological polar surface area (TPSA) is 220 Å². The normalized spacial score (nSPS) is 12.6. The Hall–Kier alpha value is -1.21. The Kier molecular flexibility index (Phi) is 86.7. The van der Waals surface area contributed by atoms with E-state index in [0.717, 1.165) is 25.9 Å². The average molecular weight is 1340 g/mol. The summed E-state index contributed by atoms with van der Waals surface area (Å²) in [4.78, 5) is 10.8. The van der Waals surface area contributed by atoms with Crippen molar-refractivity contribution in [1.82, 2.24) is 0 Å². The van der Waals surface area contributed by atoms with E-state index >= 15 is 0 Å². The molecule has 0 bridgehead atoms. The van der Waals surface area contributed by atoms with E-state index in [0.29, 0.717) is 276 Å². The van der Waals surface area contributed by atoms with Gasteiger partial charge in [-0.25, -0.2) is 0 Å². The Morgan fingerprint density at radius 3 is 0.663 bits per heavy atom. The maximum Gasteiger partial charge on any atom is 0.129 e. The van der Waals surface area contributed by atoms with Crippen LogP contribution in [0.15, 0.2) is 0 Å². The van der Waals surface area contributed by atoms with Crippen molar-refractivity contribution in [1.29, 1.82) is 0 Å². The number of methoxy groups -OCH3 is 1. The summed E-state index contributed by atoms with van der Waals surface area (Å²) in [6, 6.07) is 0. The molecule has 0 heterocycles. The molecule has 3 atom stereocenters. The third-order valence-corrected chi connectivity index (χ3v) is 13.6. The quantitative estimate of drug-likeness (QED) is 0.0517. The molecule has 0 spiro atoms.